The Bertz CT molecular complexity index is 1150. The second-order valence-electron chi connectivity index (χ2n) is 7.08. The van der Waals surface area contributed by atoms with E-state index >= 15 is 0 Å². The van der Waals surface area contributed by atoms with Crippen LogP contribution in [0, 0.1) is 0 Å². The normalized spacial score (nSPS) is 15.3. The van der Waals surface area contributed by atoms with Crippen molar-refractivity contribution in [2.24, 2.45) is 4.99 Å². The summed E-state index contributed by atoms with van der Waals surface area (Å²) in [6, 6.07) is 5.44. The van der Waals surface area contributed by atoms with Crippen LogP contribution in [0.3, 0.4) is 0 Å². The van der Waals surface area contributed by atoms with Crippen LogP contribution in [-0.2, 0) is 11.3 Å². The number of dihydropyridines is 1. The molecule has 3 heterocycles. The molecule has 4 rings (SSSR count). The van der Waals surface area contributed by atoms with Gasteiger partial charge in [-0.3, -0.25) is 19.3 Å². The Morgan fingerprint density at radius 2 is 2.19 bits per heavy atom. The van der Waals surface area contributed by atoms with Crippen molar-refractivity contribution < 1.29 is 9.59 Å². The second kappa shape index (κ2) is 9.63. The van der Waals surface area contributed by atoms with E-state index in [9.17, 15) is 9.59 Å². The predicted molar refractivity (Wildman–Crippen MR) is 122 cm³/mol. The third-order valence-electron chi connectivity index (χ3n) is 4.72. The number of hydrogen-bond acceptors (Lipinski definition) is 7. The minimum absolute atomic E-state index is 0.102. The Kier molecular flexibility index (Phi) is 6.48. The molecule has 0 spiro atoms. The molecule has 0 saturated heterocycles. The van der Waals surface area contributed by atoms with Crippen molar-refractivity contribution in [1.82, 2.24) is 25.4 Å². The van der Waals surface area contributed by atoms with Gasteiger partial charge in [-0.15, -0.1) is 11.3 Å². The number of thiazole rings is 1. The number of carbonyl (C=O) groups is 2. The quantitative estimate of drug-likeness (QED) is 0.465. The van der Waals surface area contributed by atoms with Gasteiger partial charge in [0.2, 0.25) is 5.91 Å². The highest BCUT2D eigenvalue weighted by atomic mass is 32.1. The van der Waals surface area contributed by atoms with E-state index in [1.54, 1.807) is 28.5 Å². The summed E-state index contributed by atoms with van der Waals surface area (Å²) < 4.78 is 1.60. The van der Waals surface area contributed by atoms with Crippen LogP contribution >= 0.6 is 11.3 Å². The lowest BCUT2D eigenvalue weighted by atomic mass is 10.1. The van der Waals surface area contributed by atoms with Crippen molar-refractivity contribution in [3.63, 3.8) is 0 Å². The number of rotatable bonds is 8. The van der Waals surface area contributed by atoms with E-state index in [-0.39, 0.29) is 24.3 Å². The second-order valence-corrected chi connectivity index (χ2v) is 7.97. The number of hydrogen-bond donors (Lipinski definition) is 3. The molecule has 1 atom stereocenters. The number of anilines is 1. The highest BCUT2D eigenvalue weighted by molar-refractivity contribution is 7.10. The van der Waals surface area contributed by atoms with Gasteiger partial charge in [0, 0.05) is 47.9 Å². The summed E-state index contributed by atoms with van der Waals surface area (Å²) in [6.45, 7) is 2.07. The fraction of sp³-hybridized carbons (Fsp3) is 0.286. The van der Waals surface area contributed by atoms with E-state index in [1.807, 2.05) is 31.3 Å². The first-order valence-electron chi connectivity index (χ1n) is 9.94. The van der Waals surface area contributed by atoms with E-state index in [0.717, 1.165) is 15.9 Å². The number of benzene rings is 1. The number of allylic oxidation sites excluding steroid dienone is 1. The molecule has 2 amide bonds. The summed E-state index contributed by atoms with van der Waals surface area (Å²) in [6.07, 6.45) is 7.50. The molecule has 1 unspecified atom stereocenters. The average molecular weight is 438 g/mol. The van der Waals surface area contributed by atoms with Crippen molar-refractivity contribution in [2.45, 2.75) is 12.5 Å². The van der Waals surface area contributed by atoms with E-state index < -0.39 is 0 Å². The van der Waals surface area contributed by atoms with Gasteiger partial charge in [0.1, 0.15) is 17.2 Å². The van der Waals surface area contributed by atoms with Gasteiger partial charge < -0.3 is 16.0 Å². The highest BCUT2D eigenvalue weighted by Crippen LogP contribution is 2.24. The molecule has 160 valence electrons. The largest absolute Gasteiger partial charge is 0.353 e. The summed E-state index contributed by atoms with van der Waals surface area (Å²) in [7, 11) is 1.83. The Morgan fingerprint density at radius 1 is 1.29 bits per heavy atom. The molecule has 10 heteroatoms. The third-order valence-corrected chi connectivity index (χ3v) is 5.70. The van der Waals surface area contributed by atoms with Gasteiger partial charge in [-0.2, -0.15) is 5.10 Å². The van der Waals surface area contributed by atoms with Crippen molar-refractivity contribution in [1.29, 1.82) is 0 Å². The molecular formula is C21H23N7O2S. The van der Waals surface area contributed by atoms with Crippen molar-refractivity contribution >= 4 is 46.0 Å². The number of nitrogens with zero attached hydrogens (tertiary/aromatic N) is 4. The monoisotopic (exact) mass is 437 g/mol. The van der Waals surface area contributed by atoms with Crippen LogP contribution in [0.4, 0.5) is 5.69 Å². The minimum atomic E-state index is -0.263. The van der Waals surface area contributed by atoms with Crippen LogP contribution in [0.1, 0.15) is 21.4 Å². The summed E-state index contributed by atoms with van der Waals surface area (Å²) in [5, 5.41) is 16.6. The zero-order chi connectivity index (χ0) is 21.6. The smallest absolute Gasteiger partial charge is 0.275 e. The number of likely N-dealkylation sites (N-methyl/N-ethyl adjacent to an activating group) is 1. The van der Waals surface area contributed by atoms with Gasteiger partial charge in [-0.25, -0.2) is 4.98 Å². The first-order valence-corrected chi connectivity index (χ1v) is 10.8. The number of amides is 2. The molecule has 2 aromatic heterocycles. The summed E-state index contributed by atoms with van der Waals surface area (Å²) in [5.41, 5.74) is 1.78. The maximum atomic E-state index is 12.6. The molecule has 1 aliphatic heterocycles. The van der Waals surface area contributed by atoms with Gasteiger partial charge in [-0.1, -0.05) is 6.08 Å². The van der Waals surface area contributed by atoms with Crippen LogP contribution < -0.4 is 16.0 Å². The van der Waals surface area contributed by atoms with Crippen LogP contribution in [0.2, 0.25) is 0 Å². The van der Waals surface area contributed by atoms with E-state index in [4.69, 9.17) is 0 Å². The van der Waals surface area contributed by atoms with Gasteiger partial charge >= 0.3 is 0 Å². The van der Waals surface area contributed by atoms with Crippen LogP contribution in [0.25, 0.3) is 10.9 Å². The molecule has 0 bridgehead atoms. The summed E-state index contributed by atoms with van der Waals surface area (Å²) >= 11 is 1.46. The van der Waals surface area contributed by atoms with E-state index in [0.29, 0.717) is 31.0 Å². The van der Waals surface area contributed by atoms with Crippen molar-refractivity contribution in [2.75, 3.05) is 32.0 Å². The molecule has 1 aromatic carbocycles. The van der Waals surface area contributed by atoms with Gasteiger partial charge in [0.25, 0.3) is 5.91 Å². The van der Waals surface area contributed by atoms with Crippen LogP contribution in [0.15, 0.2) is 46.9 Å². The van der Waals surface area contributed by atoms with Crippen LogP contribution in [-0.4, -0.2) is 59.5 Å². The SMILES string of the molecule is CNCCNC(=O)Cn1cc2cc(NC(=O)c3csc(C4C=CC=NC4)n3)ccc2n1. The molecule has 0 saturated carbocycles. The third kappa shape index (κ3) is 5.22. The van der Waals surface area contributed by atoms with Crippen LogP contribution in [0.5, 0.6) is 0 Å². The molecule has 3 N–H and O–H groups in total. The molecular weight excluding hydrogens is 414 g/mol. The van der Waals surface area contributed by atoms with Gasteiger partial charge in [-0.05, 0) is 31.3 Å². The molecule has 9 nitrogen and oxygen atoms in total. The lowest BCUT2D eigenvalue weighted by Gasteiger charge is -2.08. The molecule has 0 aliphatic carbocycles. The standard InChI is InChI=1S/C21H23N7O2S/c1-22-7-8-24-19(29)12-28-11-15-9-16(4-5-17(15)27-28)25-20(30)18-13-31-21(26-18)14-3-2-6-23-10-14/h2-6,9,11,13-14,22H,7-8,10,12H2,1H3,(H,24,29)(H,25,30). The fourth-order valence-electron chi connectivity index (χ4n) is 3.16. The van der Waals surface area contributed by atoms with Crippen molar-refractivity contribution in [3.05, 3.63) is 52.6 Å². The Balaban J connectivity index is 1.40. The number of aromatic nitrogens is 3. The fourth-order valence-corrected chi connectivity index (χ4v) is 4.03. The zero-order valence-corrected chi connectivity index (χ0v) is 17.9. The van der Waals surface area contributed by atoms with E-state index in [1.165, 1.54) is 11.3 Å². The average Bonchev–Trinajstić information content (AvgIpc) is 3.41. The maximum absolute atomic E-state index is 12.6. The van der Waals surface area contributed by atoms with Gasteiger partial charge in [0.15, 0.2) is 0 Å². The van der Waals surface area contributed by atoms with E-state index in [2.05, 4.69) is 31.0 Å². The molecule has 1 aliphatic rings. The number of aliphatic imine (C=N–C) groups is 1. The zero-order valence-electron chi connectivity index (χ0n) is 17.0. The van der Waals surface area contributed by atoms with Crippen molar-refractivity contribution in [3.8, 4) is 0 Å². The minimum Gasteiger partial charge on any atom is -0.353 e. The lowest BCUT2D eigenvalue weighted by Crippen LogP contribution is -2.33. The molecule has 0 fully saturated rings. The molecule has 0 radical (unpaired) electrons. The van der Waals surface area contributed by atoms with Gasteiger partial charge in [0.05, 0.1) is 12.1 Å². The Hall–Kier alpha value is -3.37. The molecule has 3 aromatic rings. The topological polar surface area (TPSA) is 113 Å². The number of nitrogens with one attached hydrogen (secondary N) is 3. The Labute approximate surface area is 183 Å². The number of carbonyl (C=O) groups excluding carboxylic acids is 2. The lowest BCUT2D eigenvalue weighted by molar-refractivity contribution is -0.121. The number of fused-ring (bicyclic) bond motifs is 1. The maximum Gasteiger partial charge on any atom is 0.275 e. The predicted octanol–water partition coefficient (Wildman–Crippen LogP) is 1.80. The Morgan fingerprint density at radius 3 is 3.00 bits per heavy atom. The first kappa shape index (κ1) is 20.9. The first-order chi connectivity index (χ1) is 15.1. The highest BCUT2D eigenvalue weighted by Gasteiger charge is 2.17. The summed E-state index contributed by atoms with van der Waals surface area (Å²) in [4.78, 5) is 33.3. The molecule has 31 heavy (non-hydrogen) atoms. The summed E-state index contributed by atoms with van der Waals surface area (Å²) in [5.74, 6) is -0.245.